The Kier molecular flexibility index (Phi) is 3.92. The SMILES string of the molecule is O=Cc1ccc(CC(F)(C(F)(F)F)C(F)(F)F)cc1. The predicted molar refractivity (Wildman–Crippen MR) is 51.5 cm³/mol. The lowest BCUT2D eigenvalue weighted by Crippen LogP contribution is -2.54. The lowest BCUT2D eigenvalue weighted by atomic mass is 9.94. The van der Waals surface area contributed by atoms with Crippen LogP contribution >= 0.6 is 0 Å². The fraction of sp³-hybridized carbons (Fsp3) is 0.364. The van der Waals surface area contributed by atoms with Gasteiger partial charge in [-0.25, -0.2) is 4.39 Å². The Balaban J connectivity index is 3.12. The quantitative estimate of drug-likeness (QED) is 0.609. The van der Waals surface area contributed by atoms with Crippen LogP contribution in [-0.2, 0) is 6.42 Å². The van der Waals surface area contributed by atoms with E-state index in [-0.39, 0.29) is 5.56 Å². The van der Waals surface area contributed by atoms with Gasteiger partial charge in [-0.05, 0) is 5.56 Å². The average Bonchev–Trinajstić information content (AvgIpc) is 2.27. The number of aldehydes is 1. The molecule has 0 amide bonds. The summed E-state index contributed by atoms with van der Waals surface area (Å²) in [5.41, 5.74) is -5.77. The van der Waals surface area contributed by atoms with Crippen molar-refractivity contribution in [3.63, 3.8) is 0 Å². The van der Waals surface area contributed by atoms with Gasteiger partial charge in [-0.2, -0.15) is 26.3 Å². The molecule has 0 saturated carbocycles. The summed E-state index contributed by atoms with van der Waals surface area (Å²) in [6, 6.07) is 3.70. The van der Waals surface area contributed by atoms with E-state index in [1.807, 2.05) is 0 Å². The summed E-state index contributed by atoms with van der Waals surface area (Å²) in [5, 5.41) is 0. The van der Waals surface area contributed by atoms with E-state index >= 15 is 0 Å². The van der Waals surface area contributed by atoms with Crippen LogP contribution in [0.2, 0.25) is 0 Å². The van der Waals surface area contributed by atoms with Gasteiger partial charge in [0.1, 0.15) is 6.29 Å². The summed E-state index contributed by atoms with van der Waals surface area (Å²) in [4.78, 5) is 10.3. The smallest absolute Gasteiger partial charge is 0.298 e. The van der Waals surface area contributed by atoms with E-state index in [1.165, 1.54) is 0 Å². The fourth-order valence-electron chi connectivity index (χ4n) is 1.36. The van der Waals surface area contributed by atoms with Crippen LogP contribution in [-0.4, -0.2) is 24.3 Å². The van der Waals surface area contributed by atoms with Crippen molar-refractivity contribution in [1.82, 2.24) is 0 Å². The first-order valence-corrected chi connectivity index (χ1v) is 4.88. The number of halogens is 7. The first-order valence-electron chi connectivity index (χ1n) is 4.88. The van der Waals surface area contributed by atoms with E-state index < -0.39 is 30.0 Å². The minimum absolute atomic E-state index is 0.0622. The molecule has 1 nitrogen and oxygen atoms in total. The van der Waals surface area contributed by atoms with E-state index in [0.717, 1.165) is 24.3 Å². The highest BCUT2D eigenvalue weighted by Crippen LogP contribution is 2.48. The van der Waals surface area contributed by atoms with Crippen LogP contribution in [0.3, 0.4) is 0 Å². The number of alkyl halides is 7. The van der Waals surface area contributed by atoms with Gasteiger partial charge in [-0.15, -0.1) is 0 Å². The Morgan fingerprint density at radius 3 is 1.58 bits per heavy atom. The molecule has 0 unspecified atom stereocenters. The van der Waals surface area contributed by atoms with Crippen LogP contribution in [0.15, 0.2) is 24.3 Å². The molecule has 0 radical (unpaired) electrons. The minimum Gasteiger partial charge on any atom is -0.298 e. The van der Waals surface area contributed by atoms with Crippen molar-refractivity contribution in [3.05, 3.63) is 35.4 Å². The summed E-state index contributed by atoms with van der Waals surface area (Å²) in [5.74, 6) is 0. The number of rotatable bonds is 3. The second-order valence-electron chi connectivity index (χ2n) is 3.83. The fourth-order valence-corrected chi connectivity index (χ4v) is 1.36. The van der Waals surface area contributed by atoms with E-state index in [0.29, 0.717) is 6.29 Å². The summed E-state index contributed by atoms with van der Waals surface area (Å²) < 4.78 is 87.0. The van der Waals surface area contributed by atoms with Gasteiger partial charge in [-0.1, -0.05) is 24.3 Å². The van der Waals surface area contributed by atoms with Gasteiger partial charge < -0.3 is 0 Å². The minimum atomic E-state index is -6.07. The maximum Gasteiger partial charge on any atom is 0.431 e. The molecule has 19 heavy (non-hydrogen) atoms. The molecule has 1 rings (SSSR count). The number of hydrogen-bond acceptors (Lipinski definition) is 1. The maximum atomic E-state index is 13.4. The Bertz CT molecular complexity index is 430. The molecule has 0 aliphatic heterocycles. The molecule has 0 heterocycles. The van der Waals surface area contributed by atoms with Crippen molar-refractivity contribution in [3.8, 4) is 0 Å². The first-order chi connectivity index (χ1) is 8.51. The standard InChI is InChI=1S/C11H7F7O/c12-9(10(13,14)15,11(16,17)18)5-7-1-3-8(6-19)4-2-7/h1-4,6H,5H2. The molecule has 0 spiro atoms. The Morgan fingerprint density at radius 2 is 1.26 bits per heavy atom. The second-order valence-corrected chi connectivity index (χ2v) is 3.83. The molecule has 0 aromatic heterocycles. The van der Waals surface area contributed by atoms with Crippen molar-refractivity contribution in [2.24, 2.45) is 0 Å². The second kappa shape index (κ2) is 4.82. The lowest BCUT2D eigenvalue weighted by molar-refractivity contribution is -0.340. The molecule has 1 aromatic rings. The predicted octanol–water partition coefficient (Wildman–Crippen LogP) is 3.87. The molecule has 0 fully saturated rings. The molecule has 106 valence electrons. The molecule has 0 aliphatic carbocycles. The van der Waals surface area contributed by atoms with E-state index in [4.69, 9.17) is 0 Å². The number of benzene rings is 1. The van der Waals surface area contributed by atoms with Crippen LogP contribution in [0.4, 0.5) is 30.7 Å². The van der Waals surface area contributed by atoms with Gasteiger partial charge >= 0.3 is 18.0 Å². The molecule has 8 heteroatoms. The normalized spacial score (nSPS) is 13.4. The van der Waals surface area contributed by atoms with Gasteiger partial charge in [0.2, 0.25) is 0 Å². The highest BCUT2D eigenvalue weighted by Gasteiger charge is 2.72. The van der Waals surface area contributed by atoms with Gasteiger partial charge in [-0.3, -0.25) is 4.79 Å². The van der Waals surface area contributed by atoms with Crippen molar-refractivity contribution in [2.45, 2.75) is 24.4 Å². The average molecular weight is 288 g/mol. The van der Waals surface area contributed by atoms with Crippen molar-refractivity contribution in [2.75, 3.05) is 0 Å². The Hall–Kier alpha value is -1.60. The first kappa shape index (κ1) is 15.5. The third-order valence-electron chi connectivity index (χ3n) is 2.46. The van der Waals surface area contributed by atoms with Crippen LogP contribution in [0, 0.1) is 0 Å². The van der Waals surface area contributed by atoms with Crippen LogP contribution in [0.1, 0.15) is 15.9 Å². The van der Waals surface area contributed by atoms with Crippen molar-refractivity contribution < 1.29 is 35.5 Å². The van der Waals surface area contributed by atoms with Crippen LogP contribution in [0.25, 0.3) is 0 Å². The Morgan fingerprint density at radius 1 is 0.842 bits per heavy atom. The summed E-state index contributed by atoms with van der Waals surface area (Å²) in [6.07, 6.45) is -13.7. The van der Waals surface area contributed by atoms with Crippen LogP contribution in [0.5, 0.6) is 0 Å². The van der Waals surface area contributed by atoms with Crippen molar-refractivity contribution in [1.29, 1.82) is 0 Å². The zero-order valence-electron chi connectivity index (χ0n) is 9.15. The third-order valence-corrected chi connectivity index (χ3v) is 2.46. The van der Waals surface area contributed by atoms with Gasteiger partial charge in [0.05, 0.1) is 0 Å². The largest absolute Gasteiger partial charge is 0.431 e. The topological polar surface area (TPSA) is 17.1 Å². The van der Waals surface area contributed by atoms with Gasteiger partial charge in [0.25, 0.3) is 0 Å². The summed E-state index contributed by atoms with van der Waals surface area (Å²) in [7, 11) is 0. The zero-order chi connectivity index (χ0) is 14.9. The molecule has 0 atom stereocenters. The van der Waals surface area contributed by atoms with Crippen molar-refractivity contribution >= 4 is 6.29 Å². The molecule has 0 saturated heterocycles. The number of carbonyl (C=O) groups is 1. The van der Waals surface area contributed by atoms with Gasteiger partial charge in [0.15, 0.2) is 0 Å². The third kappa shape index (κ3) is 3.05. The van der Waals surface area contributed by atoms with E-state index in [1.54, 1.807) is 0 Å². The van der Waals surface area contributed by atoms with Crippen LogP contribution < -0.4 is 0 Å². The van der Waals surface area contributed by atoms with Gasteiger partial charge in [0, 0.05) is 12.0 Å². The Labute approximate surface area is 103 Å². The monoisotopic (exact) mass is 288 g/mol. The highest BCUT2D eigenvalue weighted by molar-refractivity contribution is 5.74. The maximum absolute atomic E-state index is 13.4. The molecule has 1 aromatic carbocycles. The highest BCUT2D eigenvalue weighted by atomic mass is 19.4. The summed E-state index contributed by atoms with van der Waals surface area (Å²) >= 11 is 0. The number of hydrogen-bond donors (Lipinski definition) is 0. The molecule has 0 aliphatic rings. The lowest BCUT2D eigenvalue weighted by Gasteiger charge is -2.30. The molecule has 0 N–H and O–H groups in total. The summed E-state index contributed by atoms with van der Waals surface area (Å²) in [6.45, 7) is 0. The van der Waals surface area contributed by atoms with E-state index in [9.17, 15) is 35.5 Å². The molecular weight excluding hydrogens is 281 g/mol. The molecular formula is C11H7F7O. The number of carbonyl (C=O) groups excluding carboxylic acids is 1. The molecule has 0 bridgehead atoms. The van der Waals surface area contributed by atoms with E-state index in [2.05, 4.69) is 0 Å². The zero-order valence-corrected chi connectivity index (χ0v) is 9.15.